The second kappa shape index (κ2) is 8.44. The quantitative estimate of drug-likeness (QED) is 0.364. The van der Waals surface area contributed by atoms with Gasteiger partial charge in [-0.05, 0) is 48.5 Å². The number of sulfonamides is 1. The molecule has 1 heterocycles. The lowest BCUT2D eigenvalue weighted by atomic mass is 10.1. The Morgan fingerprint density at radius 2 is 1.74 bits per heavy atom. The third-order valence-electron chi connectivity index (χ3n) is 4.58. The van der Waals surface area contributed by atoms with E-state index in [1.807, 2.05) is 0 Å². The van der Waals surface area contributed by atoms with E-state index >= 15 is 0 Å². The number of hydrogen-bond acceptors (Lipinski definition) is 4. The Hall–Kier alpha value is -3.30. The third-order valence-corrected chi connectivity index (χ3v) is 5.95. The number of methoxy groups -OCH3 is 1. The standard InChI is InChI=1S/C21H17F2N3O3S.ClH/c1-29-21-6-5-12(18-9-13-7-16(22)17(23)11-19(13)25-18)8-20(21)26-30(27,28)15-4-2-3-14(24)10-15;/h2-11,25-26H,24H2,1H3;1H. The average Bonchev–Trinajstić information content (AvgIpc) is 3.10. The van der Waals surface area contributed by atoms with E-state index in [1.165, 1.54) is 19.2 Å². The van der Waals surface area contributed by atoms with E-state index in [1.54, 1.807) is 36.4 Å². The summed E-state index contributed by atoms with van der Waals surface area (Å²) in [5.74, 6) is -1.60. The number of H-pyrrole nitrogens is 1. The molecule has 0 spiro atoms. The molecular formula is C21H18ClF2N3O3S. The average molecular weight is 466 g/mol. The predicted octanol–water partition coefficient (Wildman–Crippen LogP) is 4.93. The molecular weight excluding hydrogens is 448 g/mol. The minimum atomic E-state index is -3.92. The number of rotatable bonds is 5. The van der Waals surface area contributed by atoms with E-state index in [9.17, 15) is 17.2 Å². The van der Waals surface area contributed by atoms with Gasteiger partial charge in [-0.3, -0.25) is 4.72 Å². The van der Waals surface area contributed by atoms with Gasteiger partial charge >= 0.3 is 0 Å². The number of fused-ring (bicyclic) bond motifs is 1. The van der Waals surface area contributed by atoms with Gasteiger partial charge in [0.1, 0.15) is 5.75 Å². The summed E-state index contributed by atoms with van der Waals surface area (Å²) in [5.41, 5.74) is 7.78. The van der Waals surface area contributed by atoms with Crippen LogP contribution < -0.4 is 15.2 Å². The molecule has 0 aliphatic carbocycles. The molecule has 0 saturated carbocycles. The number of halogens is 3. The highest BCUT2D eigenvalue weighted by molar-refractivity contribution is 7.92. The second-order valence-electron chi connectivity index (χ2n) is 6.63. The summed E-state index contributed by atoms with van der Waals surface area (Å²) in [6.45, 7) is 0. The van der Waals surface area contributed by atoms with E-state index in [0.717, 1.165) is 12.1 Å². The molecule has 4 N–H and O–H groups in total. The fourth-order valence-electron chi connectivity index (χ4n) is 3.12. The van der Waals surface area contributed by atoms with Gasteiger partial charge in [0.25, 0.3) is 10.0 Å². The van der Waals surface area contributed by atoms with Crippen LogP contribution in [0.5, 0.6) is 5.75 Å². The highest BCUT2D eigenvalue weighted by Crippen LogP contribution is 2.33. The van der Waals surface area contributed by atoms with Gasteiger partial charge in [-0.1, -0.05) is 6.07 Å². The number of aromatic nitrogens is 1. The SMILES string of the molecule is COc1ccc(-c2cc3cc(F)c(F)cc3[nH]2)cc1NS(=O)(=O)c1cccc(N)c1.Cl. The van der Waals surface area contributed by atoms with Crippen LogP contribution in [0.2, 0.25) is 0 Å². The smallest absolute Gasteiger partial charge is 0.262 e. The summed E-state index contributed by atoms with van der Waals surface area (Å²) >= 11 is 0. The van der Waals surface area contributed by atoms with Crippen molar-refractivity contribution in [3.63, 3.8) is 0 Å². The number of nitrogens with one attached hydrogen (secondary N) is 2. The molecule has 10 heteroatoms. The van der Waals surface area contributed by atoms with Crippen molar-refractivity contribution in [2.75, 3.05) is 17.6 Å². The monoisotopic (exact) mass is 465 g/mol. The summed E-state index contributed by atoms with van der Waals surface area (Å²) < 4.78 is 60.3. The van der Waals surface area contributed by atoms with Crippen LogP contribution in [-0.4, -0.2) is 20.5 Å². The molecule has 0 aliphatic rings. The topological polar surface area (TPSA) is 97.2 Å². The lowest BCUT2D eigenvalue weighted by Crippen LogP contribution is -2.14. The maximum absolute atomic E-state index is 13.5. The Labute approximate surface area is 183 Å². The summed E-state index contributed by atoms with van der Waals surface area (Å²) in [6, 6.07) is 14.6. The zero-order chi connectivity index (χ0) is 21.5. The first kappa shape index (κ1) is 22.4. The van der Waals surface area contributed by atoms with Crippen molar-refractivity contribution in [3.05, 3.63) is 72.3 Å². The molecule has 3 aromatic carbocycles. The minimum absolute atomic E-state index is 0. The lowest BCUT2D eigenvalue weighted by Gasteiger charge is -2.13. The molecule has 0 amide bonds. The van der Waals surface area contributed by atoms with Crippen LogP contribution in [0.1, 0.15) is 0 Å². The van der Waals surface area contributed by atoms with Crippen LogP contribution in [0.4, 0.5) is 20.2 Å². The fourth-order valence-corrected chi connectivity index (χ4v) is 4.24. The van der Waals surface area contributed by atoms with Crippen molar-refractivity contribution in [1.29, 1.82) is 0 Å². The molecule has 0 saturated heterocycles. The first-order valence-electron chi connectivity index (χ1n) is 8.81. The normalized spacial score (nSPS) is 11.2. The van der Waals surface area contributed by atoms with Gasteiger partial charge in [0.2, 0.25) is 0 Å². The number of nitrogen functional groups attached to an aromatic ring is 1. The molecule has 0 unspecified atom stereocenters. The van der Waals surface area contributed by atoms with Gasteiger partial charge in [-0.25, -0.2) is 17.2 Å². The molecule has 31 heavy (non-hydrogen) atoms. The van der Waals surface area contributed by atoms with Gasteiger partial charge in [-0.2, -0.15) is 0 Å². The maximum Gasteiger partial charge on any atom is 0.262 e. The number of hydrogen-bond donors (Lipinski definition) is 3. The van der Waals surface area contributed by atoms with E-state index in [0.29, 0.717) is 33.6 Å². The van der Waals surface area contributed by atoms with Crippen LogP contribution in [0.25, 0.3) is 22.2 Å². The van der Waals surface area contributed by atoms with Crippen molar-refractivity contribution >= 4 is 44.7 Å². The van der Waals surface area contributed by atoms with Crippen LogP contribution in [0.15, 0.2) is 65.6 Å². The molecule has 6 nitrogen and oxygen atoms in total. The van der Waals surface area contributed by atoms with Crippen LogP contribution in [0.3, 0.4) is 0 Å². The third kappa shape index (κ3) is 4.42. The minimum Gasteiger partial charge on any atom is -0.495 e. The van der Waals surface area contributed by atoms with E-state index in [4.69, 9.17) is 10.5 Å². The number of ether oxygens (including phenoxy) is 1. The van der Waals surface area contributed by atoms with Crippen molar-refractivity contribution in [2.24, 2.45) is 0 Å². The van der Waals surface area contributed by atoms with Crippen molar-refractivity contribution in [3.8, 4) is 17.0 Å². The van der Waals surface area contributed by atoms with Gasteiger partial charge in [0.15, 0.2) is 11.6 Å². The predicted molar refractivity (Wildman–Crippen MR) is 119 cm³/mol. The molecule has 4 rings (SSSR count). The first-order valence-corrected chi connectivity index (χ1v) is 10.3. The van der Waals surface area contributed by atoms with Crippen molar-refractivity contribution in [2.45, 2.75) is 4.90 Å². The van der Waals surface area contributed by atoms with Gasteiger partial charge < -0.3 is 15.5 Å². The Bertz CT molecular complexity index is 1330. The van der Waals surface area contributed by atoms with Crippen LogP contribution in [-0.2, 0) is 10.0 Å². The zero-order valence-electron chi connectivity index (χ0n) is 16.1. The summed E-state index contributed by atoms with van der Waals surface area (Å²) in [6.07, 6.45) is 0. The van der Waals surface area contributed by atoms with Crippen molar-refractivity contribution < 1.29 is 21.9 Å². The maximum atomic E-state index is 13.5. The molecule has 162 valence electrons. The first-order chi connectivity index (χ1) is 14.3. The fraction of sp³-hybridized carbons (Fsp3) is 0.0476. The second-order valence-corrected chi connectivity index (χ2v) is 8.31. The number of anilines is 2. The Morgan fingerprint density at radius 3 is 2.45 bits per heavy atom. The van der Waals surface area contributed by atoms with Crippen LogP contribution >= 0.6 is 12.4 Å². The summed E-state index contributed by atoms with van der Waals surface area (Å²) in [4.78, 5) is 3.01. The van der Waals surface area contributed by atoms with Gasteiger partial charge in [0, 0.05) is 33.9 Å². The molecule has 0 bridgehead atoms. The highest BCUT2D eigenvalue weighted by Gasteiger charge is 2.18. The molecule has 0 atom stereocenters. The zero-order valence-corrected chi connectivity index (χ0v) is 17.8. The summed E-state index contributed by atoms with van der Waals surface area (Å²) in [5, 5.41) is 0.488. The Balaban J connectivity index is 0.00000272. The Morgan fingerprint density at radius 1 is 1.00 bits per heavy atom. The number of aromatic amines is 1. The van der Waals surface area contributed by atoms with E-state index in [2.05, 4.69) is 9.71 Å². The molecule has 1 aromatic heterocycles. The number of nitrogens with two attached hydrogens (primary N) is 1. The molecule has 0 fully saturated rings. The van der Waals surface area contributed by atoms with Crippen molar-refractivity contribution in [1.82, 2.24) is 4.98 Å². The van der Waals surface area contributed by atoms with E-state index in [-0.39, 0.29) is 23.0 Å². The summed E-state index contributed by atoms with van der Waals surface area (Å²) in [7, 11) is -2.50. The number of benzene rings is 3. The molecule has 4 aromatic rings. The molecule has 0 radical (unpaired) electrons. The van der Waals surface area contributed by atoms with Crippen LogP contribution in [0, 0.1) is 11.6 Å². The molecule has 0 aliphatic heterocycles. The van der Waals surface area contributed by atoms with E-state index < -0.39 is 21.7 Å². The lowest BCUT2D eigenvalue weighted by molar-refractivity contribution is 0.417. The Kier molecular flexibility index (Phi) is 6.10. The van der Waals surface area contributed by atoms with Gasteiger partial charge in [0.05, 0.1) is 17.7 Å². The highest BCUT2D eigenvalue weighted by atomic mass is 35.5. The largest absolute Gasteiger partial charge is 0.495 e. The van der Waals surface area contributed by atoms with Gasteiger partial charge in [-0.15, -0.1) is 12.4 Å².